The average molecular weight is 223 g/mol. The number of para-hydroxylation sites is 1. The zero-order valence-electron chi connectivity index (χ0n) is 9.66. The number of benzene rings is 1. The third kappa shape index (κ3) is 3.90. The van der Waals surface area contributed by atoms with Crippen LogP contribution in [0, 0.1) is 0 Å². The number of ether oxygens (including phenoxy) is 2. The van der Waals surface area contributed by atoms with Gasteiger partial charge in [-0.15, -0.1) is 0 Å². The second kappa shape index (κ2) is 6.85. The molecule has 1 rings (SSSR count). The van der Waals surface area contributed by atoms with Gasteiger partial charge in [0, 0.05) is 12.8 Å². The fourth-order valence-electron chi connectivity index (χ4n) is 1.31. The predicted molar refractivity (Wildman–Crippen MR) is 62.7 cm³/mol. The van der Waals surface area contributed by atoms with Crippen LogP contribution in [-0.4, -0.2) is 26.4 Å². The van der Waals surface area contributed by atoms with E-state index < -0.39 is 6.09 Å². The number of hydrogen-bond donors (Lipinski definition) is 1. The molecule has 16 heavy (non-hydrogen) atoms. The van der Waals surface area contributed by atoms with E-state index in [9.17, 15) is 4.79 Å². The van der Waals surface area contributed by atoms with Gasteiger partial charge in [-0.05, 0) is 18.1 Å². The monoisotopic (exact) mass is 223 g/mol. The maximum atomic E-state index is 11.4. The predicted octanol–water partition coefficient (Wildman–Crippen LogP) is 2.44. The Kier molecular flexibility index (Phi) is 5.36. The highest BCUT2D eigenvalue weighted by atomic mass is 16.6. The van der Waals surface area contributed by atoms with Crippen molar-refractivity contribution >= 4 is 11.8 Å². The van der Waals surface area contributed by atoms with Crippen molar-refractivity contribution in [2.75, 3.05) is 25.6 Å². The summed E-state index contributed by atoms with van der Waals surface area (Å²) in [6.45, 7) is 2.70. The van der Waals surface area contributed by atoms with E-state index in [0.717, 1.165) is 17.7 Å². The second-order valence-electron chi connectivity index (χ2n) is 3.26. The maximum absolute atomic E-state index is 11.4. The first-order valence-corrected chi connectivity index (χ1v) is 5.28. The number of hydrogen-bond acceptors (Lipinski definition) is 3. The highest BCUT2D eigenvalue weighted by Crippen LogP contribution is 2.15. The lowest BCUT2D eigenvalue weighted by Crippen LogP contribution is -2.17. The summed E-state index contributed by atoms with van der Waals surface area (Å²) in [6, 6.07) is 7.66. The highest BCUT2D eigenvalue weighted by Gasteiger charge is 2.05. The molecular formula is C12H17NO3. The third-order valence-electron chi connectivity index (χ3n) is 2.16. The first-order chi connectivity index (χ1) is 7.77. The van der Waals surface area contributed by atoms with Gasteiger partial charge in [0.05, 0.1) is 6.61 Å². The minimum atomic E-state index is -0.446. The van der Waals surface area contributed by atoms with Crippen molar-refractivity contribution in [3.63, 3.8) is 0 Å². The molecule has 0 atom stereocenters. The van der Waals surface area contributed by atoms with E-state index >= 15 is 0 Å². The van der Waals surface area contributed by atoms with Crippen LogP contribution in [0.3, 0.4) is 0 Å². The van der Waals surface area contributed by atoms with Crippen molar-refractivity contribution in [1.29, 1.82) is 0 Å². The molecule has 0 aromatic heterocycles. The number of methoxy groups -OCH3 is 1. The molecule has 0 saturated heterocycles. The smallest absolute Gasteiger partial charge is 0.411 e. The minimum absolute atomic E-state index is 0.261. The van der Waals surface area contributed by atoms with E-state index in [2.05, 4.69) is 5.32 Å². The number of aryl methyl sites for hydroxylation is 1. The normalized spacial score (nSPS) is 9.88. The van der Waals surface area contributed by atoms with Gasteiger partial charge in [0.1, 0.15) is 6.61 Å². The largest absolute Gasteiger partial charge is 0.447 e. The van der Waals surface area contributed by atoms with Crippen molar-refractivity contribution in [3.05, 3.63) is 29.8 Å². The summed E-state index contributed by atoms with van der Waals surface area (Å²) in [4.78, 5) is 11.4. The minimum Gasteiger partial charge on any atom is -0.447 e. The number of carbonyl (C=O) groups is 1. The Balaban J connectivity index is 2.49. The van der Waals surface area contributed by atoms with Gasteiger partial charge in [-0.2, -0.15) is 0 Å². The van der Waals surface area contributed by atoms with E-state index in [1.165, 1.54) is 0 Å². The molecule has 0 aliphatic carbocycles. The Labute approximate surface area is 95.6 Å². The van der Waals surface area contributed by atoms with Crippen LogP contribution in [0.2, 0.25) is 0 Å². The molecule has 4 heteroatoms. The van der Waals surface area contributed by atoms with Crippen molar-refractivity contribution < 1.29 is 14.3 Å². The molecule has 0 saturated carbocycles. The molecule has 1 aromatic carbocycles. The lowest BCUT2D eigenvalue weighted by Gasteiger charge is -2.09. The standard InChI is InChI=1S/C12H17NO3/c1-3-10-6-4-5-7-11(10)13-12(14)16-9-8-15-2/h4-7H,3,8-9H2,1-2H3,(H,13,14). The number of nitrogens with one attached hydrogen (secondary N) is 1. The zero-order chi connectivity index (χ0) is 11.8. The van der Waals surface area contributed by atoms with E-state index in [-0.39, 0.29) is 6.61 Å². The topological polar surface area (TPSA) is 47.6 Å². The summed E-state index contributed by atoms with van der Waals surface area (Å²) in [5.74, 6) is 0. The molecule has 0 unspecified atom stereocenters. The lowest BCUT2D eigenvalue weighted by molar-refractivity contribution is 0.107. The van der Waals surface area contributed by atoms with E-state index in [1.54, 1.807) is 7.11 Å². The second-order valence-corrected chi connectivity index (χ2v) is 3.26. The summed E-state index contributed by atoms with van der Waals surface area (Å²) >= 11 is 0. The summed E-state index contributed by atoms with van der Waals surface area (Å²) < 4.78 is 9.69. The van der Waals surface area contributed by atoms with Gasteiger partial charge in [0.15, 0.2) is 0 Å². The van der Waals surface area contributed by atoms with Crippen LogP contribution in [0.4, 0.5) is 10.5 Å². The number of rotatable bonds is 5. The van der Waals surface area contributed by atoms with E-state index in [0.29, 0.717) is 6.61 Å². The lowest BCUT2D eigenvalue weighted by atomic mass is 10.1. The molecule has 0 fully saturated rings. The maximum Gasteiger partial charge on any atom is 0.411 e. The summed E-state index contributed by atoms with van der Waals surface area (Å²) in [6.07, 6.45) is 0.423. The molecular weight excluding hydrogens is 206 g/mol. The summed E-state index contributed by atoms with van der Waals surface area (Å²) in [5.41, 5.74) is 1.89. The third-order valence-corrected chi connectivity index (χ3v) is 2.16. The Bertz CT molecular complexity index is 339. The highest BCUT2D eigenvalue weighted by molar-refractivity contribution is 5.85. The molecule has 1 N–H and O–H groups in total. The Morgan fingerprint density at radius 1 is 1.31 bits per heavy atom. The average Bonchev–Trinajstić information content (AvgIpc) is 2.30. The zero-order valence-corrected chi connectivity index (χ0v) is 9.66. The summed E-state index contributed by atoms with van der Waals surface area (Å²) in [5, 5.41) is 2.70. The molecule has 4 nitrogen and oxygen atoms in total. The molecule has 0 radical (unpaired) electrons. The van der Waals surface area contributed by atoms with Crippen LogP contribution in [-0.2, 0) is 15.9 Å². The van der Waals surface area contributed by atoms with Crippen molar-refractivity contribution in [2.24, 2.45) is 0 Å². The molecule has 88 valence electrons. The molecule has 0 bridgehead atoms. The number of carbonyl (C=O) groups excluding carboxylic acids is 1. The van der Waals surface area contributed by atoms with Crippen LogP contribution in [0.1, 0.15) is 12.5 Å². The Hall–Kier alpha value is -1.55. The quantitative estimate of drug-likeness (QED) is 0.780. The molecule has 0 aliphatic heterocycles. The van der Waals surface area contributed by atoms with Gasteiger partial charge in [-0.3, -0.25) is 5.32 Å². The van der Waals surface area contributed by atoms with Crippen LogP contribution in [0.5, 0.6) is 0 Å². The van der Waals surface area contributed by atoms with Gasteiger partial charge >= 0.3 is 6.09 Å². The van der Waals surface area contributed by atoms with Crippen molar-refractivity contribution in [2.45, 2.75) is 13.3 Å². The van der Waals surface area contributed by atoms with Crippen molar-refractivity contribution in [1.82, 2.24) is 0 Å². The first-order valence-electron chi connectivity index (χ1n) is 5.28. The summed E-state index contributed by atoms with van der Waals surface area (Å²) in [7, 11) is 1.56. The van der Waals surface area contributed by atoms with Gasteiger partial charge < -0.3 is 9.47 Å². The number of anilines is 1. The Morgan fingerprint density at radius 3 is 2.75 bits per heavy atom. The molecule has 0 spiro atoms. The van der Waals surface area contributed by atoms with Crippen LogP contribution < -0.4 is 5.32 Å². The fraction of sp³-hybridized carbons (Fsp3) is 0.417. The van der Waals surface area contributed by atoms with Gasteiger partial charge in [-0.25, -0.2) is 4.79 Å². The molecule has 0 heterocycles. The van der Waals surface area contributed by atoms with Crippen LogP contribution >= 0.6 is 0 Å². The number of amides is 1. The van der Waals surface area contributed by atoms with Crippen LogP contribution in [0.15, 0.2) is 24.3 Å². The van der Waals surface area contributed by atoms with E-state index in [4.69, 9.17) is 9.47 Å². The van der Waals surface area contributed by atoms with E-state index in [1.807, 2.05) is 31.2 Å². The fourth-order valence-corrected chi connectivity index (χ4v) is 1.31. The van der Waals surface area contributed by atoms with Crippen molar-refractivity contribution in [3.8, 4) is 0 Å². The first kappa shape index (κ1) is 12.5. The van der Waals surface area contributed by atoms with Gasteiger partial charge in [0.25, 0.3) is 0 Å². The van der Waals surface area contributed by atoms with Gasteiger partial charge in [-0.1, -0.05) is 25.1 Å². The van der Waals surface area contributed by atoms with Crippen LogP contribution in [0.25, 0.3) is 0 Å². The Morgan fingerprint density at radius 2 is 2.06 bits per heavy atom. The van der Waals surface area contributed by atoms with Gasteiger partial charge in [0.2, 0.25) is 0 Å². The molecule has 1 aromatic rings. The molecule has 1 amide bonds. The SMILES string of the molecule is CCc1ccccc1NC(=O)OCCOC. The molecule has 0 aliphatic rings.